The van der Waals surface area contributed by atoms with Crippen molar-refractivity contribution in [1.29, 1.82) is 0 Å². The second-order valence-electron chi connectivity index (χ2n) is 5.10. The zero-order valence-corrected chi connectivity index (χ0v) is 11.3. The van der Waals surface area contributed by atoms with Crippen molar-refractivity contribution in [2.75, 3.05) is 0 Å². The van der Waals surface area contributed by atoms with Gasteiger partial charge in [0, 0.05) is 17.0 Å². The van der Waals surface area contributed by atoms with Crippen molar-refractivity contribution in [3.8, 4) is 0 Å². The highest BCUT2D eigenvalue weighted by molar-refractivity contribution is 6.09. The monoisotopic (exact) mass is 243 g/mol. The fraction of sp³-hybridized carbons (Fsp3) is 0.500. The summed E-state index contributed by atoms with van der Waals surface area (Å²) < 4.78 is 0. The Morgan fingerprint density at radius 3 is 2.67 bits per heavy atom. The van der Waals surface area contributed by atoms with Crippen LogP contribution < -0.4 is 0 Å². The molecule has 1 heterocycles. The SMILES string of the molecule is Cc1ccc(C(=O)/C2=C/CCCCCC2)c(C)n1. The van der Waals surface area contributed by atoms with E-state index >= 15 is 0 Å². The molecule has 0 fully saturated rings. The summed E-state index contributed by atoms with van der Waals surface area (Å²) in [6.45, 7) is 3.88. The molecule has 96 valence electrons. The summed E-state index contributed by atoms with van der Waals surface area (Å²) >= 11 is 0. The molecule has 0 bridgehead atoms. The Kier molecular flexibility index (Phi) is 4.29. The average molecular weight is 243 g/mol. The van der Waals surface area contributed by atoms with E-state index < -0.39 is 0 Å². The van der Waals surface area contributed by atoms with E-state index in [-0.39, 0.29) is 5.78 Å². The van der Waals surface area contributed by atoms with Crippen molar-refractivity contribution in [3.63, 3.8) is 0 Å². The van der Waals surface area contributed by atoms with Gasteiger partial charge >= 0.3 is 0 Å². The van der Waals surface area contributed by atoms with Crippen LogP contribution in [0, 0.1) is 13.8 Å². The van der Waals surface area contributed by atoms with Gasteiger partial charge in [0.25, 0.3) is 0 Å². The van der Waals surface area contributed by atoms with Gasteiger partial charge in [0.2, 0.25) is 0 Å². The van der Waals surface area contributed by atoms with Crippen LogP contribution in [-0.2, 0) is 0 Å². The quantitative estimate of drug-likeness (QED) is 0.730. The smallest absolute Gasteiger partial charge is 0.190 e. The maximum atomic E-state index is 12.5. The van der Waals surface area contributed by atoms with E-state index in [1.54, 1.807) is 0 Å². The number of hydrogen-bond acceptors (Lipinski definition) is 2. The molecule has 2 nitrogen and oxygen atoms in total. The van der Waals surface area contributed by atoms with Crippen LogP contribution in [0.1, 0.15) is 60.3 Å². The van der Waals surface area contributed by atoms with E-state index in [1.807, 2.05) is 26.0 Å². The fourth-order valence-electron chi connectivity index (χ4n) is 2.50. The topological polar surface area (TPSA) is 30.0 Å². The third-order valence-corrected chi connectivity index (χ3v) is 3.55. The van der Waals surface area contributed by atoms with Gasteiger partial charge < -0.3 is 0 Å². The zero-order chi connectivity index (χ0) is 13.0. The van der Waals surface area contributed by atoms with Crippen molar-refractivity contribution >= 4 is 5.78 Å². The molecule has 0 aromatic carbocycles. The van der Waals surface area contributed by atoms with Gasteiger partial charge in [0.15, 0.2) is 5.78 Å². The van der Waals surface area contributed by atoms with Gasteiger partial charge in [-0.1, -0.05) is 18.9 Å². The minimum absolute atomic E-state index is 0.182. The van der Waals surface area contributed by atoms with Crippen LogP contribution in [0.4, 0.5) is 0 Å². The van der Waals surface area contributed by atoms with Crippen molar-refractivity contribution in [3.05, 3.63) is 40.7 Å². The predicted molar refractivity (Wildman–Crippen MR) is 73.8 cm³/mol. The number of Topliss-reactive ketones (excluding diaryl/α,β-unsaturated/α-hetero) is 1. The Morgan fingerprint density at radius 1 is 1.11 bits per heavy atom. The maximum Gasteiger partial charge on any atom is 0.190 e. The van der Waals surface area contributed by atoms with Gasteiger partial charge in [-0.2, -0.15) is 0 Å². The molecule has 0 N–H and O–H groups in total. The Hall–Kier alpha value is -1.44. The highest BCUT2D eigenvalue weighted by Gasteiger charge is 2.15. The van der Waals surface area contributed by atoms with Crippen molar-refractivity contribution in [2.24, 2.45) is 0 Å². The largest absolute Gasteiger partial charge is 0.289 e. The first kappa shape index (κ1) is 13.0. The molecule has 1 aliphatic rings. The molecule has 0 atom stereocenters. The van der Waals surface area contributed by atoms with Crippen LogP contribution in [0.15, 0.2) is 23.8 Å². The molecule has 1 aromatic heterocycles. The Bertz CT molecular complexity index is 474. The molecule has 0 saturated heterocycles. The molecule has 0 aliphatic heterocycles. The minimum atomic E-state index is 0.182. The highest BCUT2D eigenvalue weighted by atomic mass is 16.1. The zero-order valence-electron chi connectivity index (χ0n) is 11.3. The molecule has 0 amide bonds. The van der Waals surface area contributed by atoms with E-state index in [1.165, 1.54) is 19.3 Å². The van der Waals surface area contributed by atoms with E-state index in [2.05, 4.69) is 11.1 Å². The minimum Gasteiger partial charge on any atom is -0.289 e. The average Bonchev–Trinajstić information content (AvgIpc) is 2.27. The van der Waals surface area contributed by atoms with Crippen LogP contribution >= 0.6 is 0 Å². The molecule has 2 rings (SSSR count). The number of aryl methyl sites for hydroxylation is 2. The number of hydrogen-bond donors (Lipinski definition) is 0. The van der Waals surface area contributed by atoms with Crippen LogP contribution in [0.3, 0.4) is 0 Å². The molecular weight excluding hydrogens is 222 g/mol. The first-order valence-corrected chi connectivity index (χ1v) is 6.86. The molecule has 1 aliphatic carbocycles. The second-order valence-corrected chi connectivity index (χ2v) is 5.10. The number of allylic oxidation sites excluding steroid dienone is 2. The first-order chi connectivity index (χ1) is 8.68. The number of aromatic nitrogens is 1. The number of nitrogens with zero attached hydrogens (tertiary/aromatic N) is 1. The number of pyridine rings is 1. The van der Waals surface area contributed by atoms with Crippen LogP contribution in [0.25, 0.3) is 0 Å². The lowest BCUT2D eigenvalue weighted by molar-refractivity contribution is 0.102. The summed E-state index contributed by atoms with van der Waals surface area (Å²) in [7, 11) is 0. The first-order valence-electron chi connectivity index (χ1n) is 6.86. The number of ketones is 1. The van der Waals surface area contributed by atoms with Gasteiger partial charge in [-0.15, -0.1) is 0 Å². The molecule has 1 aromatic rings. The van der Waals surface area contributed by atoms with Gasteiger partial charge in [0.05, 0.1) is 0 Å². The third-order valence-electron chi connectivity index (χ3n) is 3.55. The summed E-state index contributed by atoms with van der Waals surface area (Å²) in [5.41, 5.74) is 3.58. The molecule has 0 radical (unpaired) electrons. The summed E-state index contributed by atoms with van der Waals surface area (Å²) in [6, 6.07) is 3.84. The summed E-state index contributed by atoms with van der Waals surface area (Å²) in [5, 5.41) is 0. The van der Waals surface area contributed by atoms with E-state index in [0.717, 1.165) is 41.8 Å². The Labute approximate surface area is 109 Å². The van der Waals surface area contributed by atoms with E-state index in [4.69, 9.17) is 0 Å². The van der Waals surface area contributed by atoms with Crippen molar-refractivity contribution < 1.29 is 4.79 Å². The Morgan fingerprint density at radius 2 is 1.89 bits per heavy atom. The third kappa shape index (κ3) is 3.06. The van der Waals surface area contributed by atoms with Crippen LogP contribution in [-0.4, -0.2) is 10.8 Å². The van der Waals surface area contributed by atoms with Gasteiger partial charge in [-0.25, -0.2) is 0 Å². The molecule has 18 heavy (non-hydrogen) atoms. The lowest BCUT2D eigenvalue weighted by atomic mass is 9.93. The maximum absolute atomic E-state index is 12.5. The summed E-state index contributed by atoms with van der Waals surface area (Å²) in [6.07, 6.45) is 8.99. The number of rotatable bonds is 2. The fourth-order valence-corrected chi connectivity index (χ4v) is 2.50. The standard InChI is InChI=1S/C16H21NO/c1-12-10-11-15(13(2)17-12)16(18)14-8-6-4-3-5-7-9-14/h8,10-11H,3-7,9H2,1-2H3/b14-8+. The lowest BCUT2D eigenvalue weighted by Gasteiger charge is -2.12. The summed E-state index contributed by atoms with van der Waals surface area (Å²) in [5.74, 6) is 0.182. The molecule has 0 spiro atoms. The molecule has 2 heteroatoms. The van der Waals surface area contributed by atoms with Gasteiger partial charge in [0.1, 0.15) is 0 Å². The van der Waals surface area contributed by atoms with Gasteiger partial charge in [-0.3, -0.25) is 9.78 Å². The van der Waals surface area contributed by atoms with Crippen molar-refractivity contribution in [1.82, 2.24) is 4.98 Å². The molecular formula is C16H21NO. The molecule has 0 saturated carbocycles. The number of carbonyl (C=O) groups excluding carboxylic acids is 1. The van der Waals surface area contributed by atoms with E-state index in [0.29, 0.717) is 0 Å². The van der Waals surface area contributed by atoms with Gasteiger partial charge in [-0.05, 0) is 57.2 Å². The lowest BCUT2D eigenvalue weighted by Crippen LogP contribution is -2.08. The predicted octanol–water partition coefficient (Wildman–Crippen LogP) is 4.16. The second kappa shape index (κ2) is 5.94. The summed E-state index contributed by atoms with van der Waals surface area (Å²) in [4.78, 5) is 16.9. The van der Waals surface area contributed by atoms with Crippen molar-refractivity contribution in [2.45, 2.75) is 52.4 Å². The van der Waals surface area contributed by atoms with Crippen LogP contribution in [0.5, 0.6) is 0 Å². The molecule has 0 unspecified atom stereocenters. The Balaban J connectivity index is 2.23. The van der Waals surface area contributed by atoms with Crippen LogP contribution in [0.2, 0.25) is 0 Å². The highest BCUT2D eigenvalue weighted by Crippen LogP contribution is 2.21. The number of carbonyl (C=O) groups is 1. The normalized spacial score (nSPS) is 19.6. The van der Waals surface area contributed by atoms with E-state index in [9.17, 15) is 4.79 Å².